The molecule has 0 radical (unpaired) electrons. The van der Waals surface area contributed by atoms with Gasteiger partial charge in [-0.1, -0.05) is 26.0 Å². The monoisotopic (exact) mass is 190 g/mol. The minimum absolute atomic E-state index is 0.559. The first-order valence-corrected chi connectivity index (χ1v) is 5.17. The highest BCUT2D eigenvalue weighted by molar-refractivity contribution is 5.32. The molecule has 2 aliphatic heterocycles. The first-order chi connectivity index (χ1) is 6.61. The van der Waals surface area contributed by atoms with Crippen LogP contribution >= 0.6 is 0 Å². The molecular weight excluding hydrogens is 172 g/mol. The molecule has 2 unspecified atom stereocenters. The van der Waals surface area contributed by atoms with Crippen molar-refractivity contribution in [1.29, 1.82) is 0 Å². The molecule has 0 aromatic heterocycles. The van der Waals surface area contributed by atoms with Crippen molar-refractivity contribution in [3.05, 3.63) is 35.9 Å². The highest BCUT2D eigenvalue weighted by Gasteiger charge is 2.26. The van der Waals surface area contributed by atoms with E-state index in [1.807, 2.05) is 0 Å². The standard InChI is InChI=1S/C12H18N2/c1-9-5-7-13(3)12-11(9)10(2)6-8-14(12)4/h5-10H,1-4H3. The van der Waals surface area contributed by atoms with E-state index in [0.29, 0.717) is 11.8 Å². The molecule has 0 aromatic carbocycles. The van der Waals surface area contributed by atoms with Gasteiger partial charge in [0.2, 0.25) is 0 Å². The summed E-state index contributed by atoms with van der Waals surface area (Å²) in [5.41, 5.74) is 1.53. The maximum absolute atomic E-state index is 2.27. The first kappa shape index (κ1) is 9.38. The summed E-state index contributed by atoms with van der Waals surface area (Å²) in [6.07, 6.45) is 8.85. The largest absolute Gasteiger partial charge is 0.338 e. The molecule has 0 saturated carbocycles. The highest BCUT2D eigenvalue weighted by Crippen LogP contribution is 2.34. The Balaban J connectivity index is 2.44. The second-order valence-electron chi connectivity index (χ2n) is 4.26. The van der Waals surface area contributed by atoms with Gasteiger partial charge in [0, 0.05) is 38.3 Å². The van der Waals surface area contributed by atoms with Crippen molar-refractivity contribution in [2.75, 3.05) is 14.1 Å². The summed E-state index contributed by atoms with van der Waals surface area (Å²) < 4.78 is 0. The van der Waals surface area contributed by atoms with Gasteiger partial charge >= 0.3 is 0 Å². The van der Waals surface area contributed by atoms with Crippen molar-refractivity contribution in [2.45, 2.75) is 13.8 Å². The van der Waals surface area contributed by atoms with Crippen LogP contribution in [0.3, 0.4) is 0 Å². The predicted molar refractivity (Wildman–Crippen MR) is 59.2 cm³/mol. The lowest BCUT2D eigenvalue weighted by molar-refractivity contribution is 0.348. The zero-order valence-electron chi connectivity index (χ0n) is 9.36. The summed E-state index contributed by atoms with van der Waals surface area (Å²) >= 11 is 0. The molecule has 0 amide bonds. The van der Waals surface area contributed by atoms with E-state index in [1.165, 1.54) is 11.4 Å². The summed E-state index contributed by atoms with van der Waals surface area (Å²) in [6, 6.07) is 0. The van der Waals surface area contributed by atoms with E-state index >= 15 is 0 Å². The Morgan fingerprint density at radius 1 is 0.929 bits per heavy atom. The quantitative estimate of drug-likeness (QED) is 0.578. The number of hydrogen-bond acceptors (Lipinski definition) is 2. The zero-order valence-corrected chi connectivity index (χ0v) is 9.36. The molecule has 0 saturated heterocycles. The first-order valence-electron chi connectivity index (χ1n) is 5.17. The SMILES string of the molecule is CC1C=CN(C)C2=C1C(C)C=CN2C. The van der Waals surface area contributed by atoms with E-state index in [9.17, 15) is 0 Å². The van der Waals surface area contributed by atoms with Gasteiger partial charge in [-0.2, -0.15) is 0 Å². The molecular formula is C12H18N2. The minimum atomic E-state index is 0.559. The van der Waals surface area contributed by atoms with E-state index in [0.717, 1.165) is 0 Å². The van der Waals surface area contributed by atoms with Crippen LogP contribution in [0.5, 0.6) is 0 Å². The predicted octanol–water partition coefficient (Wildman–Crippen LogP) is 2.39. The fraction of sp³-hybridized carbons (Fsp3) is 0.500. The summed E-state index contributed by atoms with van der Waals surface area (Å²) in [5.74, 6) is 2.46. The fourth-order valence-electron chi connectivity index (χ4n) is 2.34. The molecule has 2 nitrogen and oxygen atoms in total. The van der Waals surface area contributed by atoms with Crippen LogP contribution in [0.4, 0.5) is 0 Å². The fourth-order valence-corrected chi connectivity index (χ4v) is 2.34. The Morgan fingerprint density at radius 3 is 1.71 bits per heavy atom. The second-order valence-corrected chi connectivity index (χ2v) is 4.26. The number of nitrogens with zero attached hydrogens (tertiary/aromatic N) is 2. The van der Waals surface area contributed by atoms with Crippen LogP contribution in [-0.2, 0) is 0 Å². The lowest BCUT2D eigenvalue weighted by atomic mass is 9.86. The third-order valence-corrected chi connectivity index (χ3v) is 3.10. The van der Waals surface area contributed by atoms with Gasteiger partial charge in [0.25, 0.3) is 0 Å². The minimum Gasteiger partial charge on any atom is -0.338 e. The summed E-state index contributed by atoms with van der Waals surface area (Å²) in [4.78, 5) is 4.41. The Hall–Kier alpha value is -1.18. The van der Waals surface area contributed by atoms with Gasteiger partial charge in [0.05, 0.1) is 0 Å². The number of rotatable bonds is 0. The van der Waals surface area contributed by atoms with Crippen molar-refractivity contribution in [3.63, 3.8) is 0 Å². The summed E-state index contributed by atoms with van der Waals surface area (Å²) in [6.45, 7) is 4.53. The molecule has 0 spiro atoms. The molecule has 76 valence electrons. The average Bonchev–Trinajstić information content (AvgIpc) is 2.16. The lowest BCUT2D eigenvalue weighted by Crippen LogP contribution is -2.33. The maximum Gasteiger partial charge on any atom is 0.112 e. The van der Waals surface area contributed by atoms with E-state index in [4.69, 9.17) is 0 Å². The van der Waals surface area contributed by atoms with E-state index in [2.05, 4.69) is 62.3 Å². The average molecular weight is 190 g/mol. The normalized spacial score (nSPS) is 31.1. The van der Waals surface area contributed by atoms with Crippen LogP contribution in [0.1, 0.15) is 13.8 Å². The maximum atomic E-state index is 2.27. The van der Waals surface area contributed by atoms with Crippen molar-refractivity contribution in [1.82, 2.24) is 9.80 Å². The summed E-state index contributed by atoms with van der Waals surface area (Å²) in [7, 11) is 4.22. The topological polar surface area (TPSA) is 6.48 Å². The Labute approximate surface area is 86.2 Å². The molecule has 2 heterocycles. The van der Waals surface area contributed by atoms with Gasteiger partial charge in [-0.15, -0.1) is 0 Å². The molecule has 0 bridgehead atoms. The Bertz CT molecular complexity index is 265. The van der Waals surface area contributed by atoms with Gasteiger partial charge in [0.1, 0.15) is 5.82 Å². The molecule has 14 heavy (non-hydrogen) atoms. The second kappa shape index (κ2) is 3.19. The van der Waals surface area contributed by atoms with E-state index in [-0.39, 0.29) is 0 Å². The summed E-state index contributed by atoms with van der Waals surface area (Å²) in [5, 5.41) is 0. The molecule has 2 atom stereocenters. The van der Waals surface area contributed by atoms with E-state index in [1.54, 1.807) is 0 Å². The van der Waals surface area contributed by atoms with Gasteiger partial charge in [-0.3, -0.25) is 0 Å². The van der Waals surface area contributed by atoms with Crippen LogP contribution in [0.15, 0.2) is 35.9 Å². The Morgan fingerprint density at radius 2 is 1.36 bits per heavy atom. The highest BCUT2D eigenvalue weighted by atomic mass is 15.3. The van der Waals surface area contributed by atoms with Gasteiger partial charge < -0.3 is 9.80 Å². The van der Waals surface area contributed by atoms with E-state index < -0.39 is 0 Å². The van der Waals surface area contributed by atoms with Crippen LogP contribution in [0.25, 0.3) is 0 Å². The van der Waals surface area contributed by atoms with Crippen molar-refractivity contribution >= 4 is 0 Å². The molecule has 0 aromatic rings. The molecule has 2 rings (SSSR count). The molecule has 0 fully saturated rings. The third kappa shape index (κ3) is 1.26. The van der Waals surface area contributed by atoms with Crippen LogP contribution in [-0.4, -0.2) is 23.9 Å². The van der Waals surface area contributed by atoms with Gasteiger partial charge in [-0.25, -0.2) is 0 Å². The van der Waals surface area contributed by atoms with Crippen LogP contribution in [0.2, 0.25) is 0 Å². The number of hydrogen-bond donors (Lipinski definition) is 0. The molecule has 0 aliphatic carbocycles. The Kier molecular flexibility index (Phi) is 2.14. The van der Waals surface area contributed by atoms with Gasteiger partial charge in [0.15, 0.2) is 0 Å². The van der Waals surface area contributed by atoms with Crippen LogP contribution < -0.4 is 0 Å². The lowest BCUT2D eigenvalue weighted by Gasteiger charge is -2.38. The van der Waals surface area contributed by atoms with Crippen molar-refractivity contribution in [2.24, 2.45) is 11.8 Å². The zero-order chi connectivity index (χ0) is 10.3. The molecule has 0 N–H and O–H groups in total. The van der Waals surface area contributed by atoms with Crippen molar-refractivity contribution in [3.8, 4) is 0 Å². The van der Waals surface area contributed by atoms with Crippen LogP contribution in [0, 0.1) is 11.8 Å². The van der Waals surface area contributed by atoms with Gasteiger partial charge in [-0.05, 0) is 5.57 Å². The third-order valence-electron chi connectivity index (χ3n) is 3.10. The number of allylic oxidation sites excluding steroid dienone is 3. The molecule has 2 heteroatoms. The smallest absolute Gasteiger partial charge is 0.112 e. The molecule has 2 aliphatic rings. The van der Waals surface area contributed by atoms with Crippen molar-refractivity contribution < 1.29 is 0 Å².